The highest BCUT2D eigenvalue weighted by Gasteiger charge is 2.34. The van der Waals surface area contributed by atoms with Gasteiger partial charge in [-0.05, 0) is 31.9 Å². The largest absolute Gasteiger partial charge is 0.378 e. The molecule has 9 heteroatoms. The van der Waals surface area contributed by atoms with Crippen LogP contribution in [-0.2, 0) is 14.8 Å². The van der Waals surface area contributed by atoms with Gasteiger partial charge >= 0.3 is 0 Å². The van der Waals surface area contributed by atoms with Crippen molar-refractivity contribution in [1.82, 2.24) is 19.4 Å². The Morgan fingerprint density at radius 3 is 2.62 bits per heavy atom. The maximum Gasteiger partial charge on any atom is 0.257 e. The third kappa shape index (κ3) is 4.08. The van der Waals surface area contributed by atoms with Crippen LogP contribution >= 0.6 is 0 Å². The quantitative estimate of drug-likeness (QED) is 0.816. The molecule has 2 saturated heterocycles. The number of nitrogens with zero attached hydrogens (tertiary/aromatic N) is 3. The minimum absolute atomic E-state index is 0.0736. The van der Waals surface area contributed by atoms with Gasteiger partial charge in [-0.1, -0.05) is 17.7 Å². The first-order valence-corrected chi connectivity index (χ1v) is 11.4. The monoisotopic (exact) mass is 418 g/mol. The number of carbonyl (C=O) groups excluding carboxylic acids is 1. The first-order chi connectivity index (χ1) is 14.0. The lowest BCUT2D eigenvalue weighted by molar-refractivity contribution is 0.0301. The Balaban J connectivity index is 1.54. The Labute approximate surface area is 170 Å². The smallest absolute Gasteiger partial charge is 0.257 e. The van der Waals surface area contributed by atoms with Crippen LogP contribution in [0.15, 0.2) is 35.4 Å². The van der Waals surface area contributed by atoms with Crippen LogP contribution < -0.4 is 0 Å². The molecule has 2 aliphatic heterocycles. The Kier molecular flexibility index (Phi) is 5.71. The summed E-state index contributed by atoms with van der Waals surface area (Å²) in [6.45, 7) is 4.92. The molecule has 1 unspecified atom stereocenters. The van der Waals surface area contributed by atoms with Gasteiger partial charge in [0.15, 0.2) is 0 Å². The van der Waals surface area contributed by atoms with E-state index in [4.69, 9.17) is 4.74 Å². The summed E-state index contributed by atoms with van der Waals surface area (Å²) in [6, 6.07) is 6.92. The van der Waals surface area contributed by atoms with Gasteiger partial charge in [0.1, 0.15) is 0 Å². The van der Waals surface area contributed by atoms with Gasteiger partial charge in [0.25, 0.3) is 5.91 Å². The highest BCUT2D eigenvalue weighted by molar-refractivity contribution is 7.89. The fourth-order valence-electron chi connectivity index (χ4n) is 3.97. The van der Waals surface area contributed by atoms with E-state index >= 15 is 0 Å². The summed E-state index contributed by atoms with van der Waals surface area (Å²) >= 11 is 0. The third-order valence-electron chi connectivity index (χ3n) is 5.65. The fourth-order valence-corrected chi connectivity index (χ4v) is 5.49. The molecule has 1 aromatic carbocycles. The standard InChI is InChI=1S/C20H26N4O4S/c1-15-4-6-17(7-5-15)29(26,27)24-8-2-3-16(14-24)19-18(13-21-22-19)20(25)23-9-11-28-12-10-23/h4-7,13,16H,2-3,8-12,14H2,1H3,(H,21,22). The molecule has 0 bridgehead atoms. The molecule has 2 aromatic rings. The van der Waals surface area contributed by atoms with E-state index in [1.807, 2.05) is 19.1 Å². The molecule has 2 aliphatic rings. The normalized spacial score (nSPS) is 21.3. The van der Waals surface area contributed by atoms with Crippen LogP contribution in [0.25, 0.3) is 0 Å². The summed E-state index contributed by atoms with van der Waals surface area (Å²) < 4.78 is 33.0. The van der Waals surface area contributed by atoms with Crippen molar-refractivity contribution in [3.8, 4) is 0 Å². The van der Waals surface area contributed by atoms with Crippen molar-refractivity contribution < 1.29 is 17.9 Å². The number of hydrogen-bond donors (Lipinski definition) is 1. The predicted molar refractivity (Wildman–Crippen MR) is 107 cm³/mol. The number of benzene rings is 1. The van der Waals surface area contributed by atoms with Crippen LogP contribution in [0, 0.1) is 6.92 Å². The van der Waals surface area contributed by atoms with Gasteiger partial charge in [-0.25, -0.2) is 8.42 Å². The van der Waals surface area contributed by atoms with Crippen molar-refractivity contribution in [2.24, 2.45) is 0 Å². The van der Waals surface area contributed by atoms with Crippen molar-refractivity contribution in [2.45, 2.75) is 30.6 Å². The van der Waals surface area contributed by atoms with Crippen LogP contribution in [0.2, 0.25) is 0 Å². The minimum atomic E-state index is -3.57. The molecule has 0 aliphatic carbocycles. The van der Waals surface area contributed by atoms with Gasteiger partial charge in [0.2, 0.25) is 10.0 Å². The Morgan fingerprint density at radius 1 is 1.17 bits per heavy atom. The fraction of sp³-hybridized carbons (Fsp3) is 0.500. The number of rotatable bonds is 4. The lowest BCUT2D eigenvalue weighted by atomic mass is 9.93. The molecule has 8 nitrogen and oxygen atoms in total. The van der Waals surface area contributed by atoms with Crippen molar-refractivity contribution in [2.75, 3.05) is 39.4 Å². The van der Waals surface area contributed by atoms with Gasteiger partial charge in [0, 0.05) is 32.1 Å². The molecular weight excluding hydrogens is 392 g/mol. The average molecular weight is 419 g/mol. The maximum atomic E-state index is 13.1. The molecule has 29 heavy (non-hydrogen) atoms. The lowest BCUT2D eigenvalue weighted by Gasteiger charge is -2.32. The average Bonchev–Trinajstić information content (AvgIpc) is 3.24. The van der Waals surface area contributed by atoms with Gasteiger partial charge in [-0.15, -0.1) is 0 Å². The number of piperidine rings is 1. The van der Waals surface area contributed by atoms with E-state index in [0.29, 0.717) is 49.9 Å². The summed E-state index contributed by atoms with van der Waals surface area (Å²) in [5.41, 5.74) is 2.28. The number of nitrogens with one attached hydrogen (secondary N) is 1. The molecule has 1 amide bonds. The summed E-state index contributed by atoms with van der Waals surface area (Å²) in [6.07, 6.45) is 3.10. The highest BCUT2D eigenvalue weighted by atomic mass is 32.2. The molecule has 2 fully saturated rings. The molecule has 3 heterocycles. The Bertz CT molecular complexity index is 965. The first kappa shape index (κ1) is 20.1. The second-order valence-electron chi connectivity index (χ2n) is 7.62. The van der Waals surface area contributed by atoms with Gasteiger partial charge < -0.3 is 9.64 Å². The van der Waals surface area contributed by atoms with Gasteiger partial charge in [-0.2, -0.15) is 9.40 Å². The first-order valence-electron chi connectivity index (χ1n) is 9.94. The zero-order chi connectivity index (χ0) is 20.4. The van der Waals surface area contributed by atoms with Crippen molar-refractivity contribution >= 4 is 15.9 Å². The van der Waals surface area contributed by atoms with E-state index in [2.05, 4.69) is 10.2 Å². The number of hydrogen-bond acceptors (Lipinski definition) is 5. The summed E-state index contributed by atoms with van der Waals surface area (Å²) in [4.78, 5) is 15.0. The number of aryl methyl sites for hydroxylation is 1. The Morgan fingerprint density at radius 2 is 1.90 bits per heavy atom. The van der Waals surface area contributed by atoms with E-state index in [1.54, 1.807) is 23.2 Å². The molecule has 0 radical (unpaired) electrons. The highest BCUT2D eigenvalue weighted by Crippen LogP contribution is 2.31. The molecule has 4 rings (SSSR count). The van der Waals surface area contributed by atoms with E-state index in [9.17, 15) is 13.2 Å². The molecular formula is C20H26N4O4S. The third-order valence-corrected chi connectivity index (χ3v) is 7.53. The molecule has 156 valence electrons. The van der Waals surface area contributed by atoms with E-state index in [-0.39, 0.29) is 11.8 Å². The van der Waals surface area contributed by atoms with E-state index in [1.165, 1.54) is 4.31 Å². The SMILES string of the molecule is Cc1ccc(S(=O)(=O)N2CCCC(c3[nH]ncc3C(=O)N3CCOCC3)C2)cc1. The lowest BCUT2D eigenvalue weighted by Crippen LogP contribution is -2.42. The number of aromatic nitrogens is 2. The van der Waals surface area contributed by atoms with Gasteiger partial charge in [-0.3, -0.25) is 9.89 Å². The van der Waals surface area contributed by atoms with Crippen molar-refractivity contribution in [1.29, 1.82) is 0 Å². The van der Waals surface area contributed by atoms with E-state index in [0.717, 1.165) is 24.1 Å². The van der Waals surface area contributed by atoms with Crippen LogP contribution in [0.4, 0.5) is 0 Å². The topological polar surface area (TPSA) is 95.6 Å². The summed E-state index contributed by atoms with van der Waals surface area (Å²) in [7, 11) is -3.57. The number of sulfonamides is 1. The molecule has 1 aromatic heterocycles. The van der Waals surface area contributed by atoms with Crippen molar-refractivity contribution in [3.05, 3.63) is 47.3 Å². The molecule has 0 saturated carbocycles. The van der Waals surface area contributed by atoms with Crippen LogP contribution in [0.3, 0.4) is 0 Å². The van der Waals surface area contributed by atoms with Gasteiger partial charge in [0.05, 0.1) is 35.6 Å². The van der Waals surface area contributed by atoms with Crippen molar-refractivity contribution in [3.63, 3.8) is 0 Å². The summed E-state index contributed by atoms with van der Waals surface area (Å²) in [5, 5.41) is 7.06. The molecule has 0 spiro atoms. The number of H-pyrrole nitrogens is 1. The zero-order valence-corrected chi connectivity index (χ0v) is 17.3. The van der Waals surface area contributed by atoms with Crippen LogP contribution in [-0.4, -0.2) is 73.1 Å². The second kappa shape index (κ2) is 8.25. The molecule has 1 N–H and O–H groups in total. The maximum absolute atomic E-state index is 13.1. The van der Waals surface area contributed by atoms with E-state index < -0.39 is 10.0 Å². The number of carbonyl (C=O) groups is 1. The zero-order valence-electron chi connectivity index (χ0n) is 16.5. The summed E-state index contributed by atoms with van der Waals surface area (Å²) in [5.74, 6) is -0.165. The number of ether oxygens (including phenoxy) is 1. The predicted octanol–water partition coefficient (Wildman–Crippen LogP) is 1.76. The number of amides is 1. The van der Waals surface area contributed by atoms with Crippen LogP contribution in [0.5, 0.6) is 0 Å². The second-order valence-corrected chi connectivity index (χ2v) is 9.56. The minimum Gasteiger partial charge on any atom is -0.378 e. The number of morpholine rings is 1. The van der Waals surface area contributed by atoms with Crippen LogP contribution in [0.1, 0.15) is 40.4 Å². The Hall–Kier alpha value is -2.23. The number of aromatic amines is 1. The molecule has 1 atom stereocenters.